The number of carboxylic acids is 1. The molecule has 8 nitrogen and oxygen atoms in total. The second-order valence-electron chi connectivity index (χ2n) is 9.46. The van der Waals surface area contributed by atoms with Gasteiger partial charge in [-0.2, -0.15) is 0 Å². The number of amides is 1. The molecule has 2 aromatic carbocycles. The maximum atomic E-state index is 12.3. The van der Waals surface area contributed by atoms with Gasteiger partial charge in [0.15, 0.2) is 11.4 Å². The van der Waals surface area contributed by atoms with E-state index >= 15 is 0 Å². The molecule has 0 radical (unpaired) electrons. The Bertz CT molecular complexity index is 1220. The van der Waals surface area contributed by atoms with Crippen LogP contribution in [-0.4, -0.2) is 51.7 Å². The number of aromatic hydroxyl groups is 1. The quantitative estimate of drug-likeness (QED) is 0.443. The van der Waals surface area contributed by atoms with E-state index in [-0.39, 0.29) is 11.4 Å². The molecule has 2 heterocycles. The van der Waals surface area contributed by atoms with Crippen LogP contribution in [0.4, 0.5) is 5.69 Å². The normalized spacial score (nSPS) is 14.0. The topological polar surface area (TPSA) is 116 Å². The first kappa shape index (κ1) is 25.2. The molecule has 1 aromatic heterocycles. The number of aliphatic carboxylic acids is 1. The van der Waals surface area contributed by atoms with Crippen molar-refractivity contribution in [1.82, 2.24) is 15.3 Å². The lowest BCUT2D eigenvalue weighted by atomic mass is 9.92. The zero-order valence-corrected chi connectivity index (χ0v) is 20.7. The molecule has 0 bridgehead atoms. The summed E-state index contributed by atoms with van der Waals surface area (Å²) in [4.78, 5) is 34.0. The Morgan fingerprint density at radius 1 is 0.972 bits per heavy atom. The van der Waals surface area contributed by atoms with Crippen LogP contribution in [0.5, 0.6) is 5.75 Å². The van der Waals surface area contributed by atoms with E-state index < -0.39 is 18.4 Å². The van der Waals surface area contributed by atoms with Gasteiger partial charge in [0, 0.05) is 25.2 Å². The average Bonchev–Trinajstić information content (AvgIpc) is 2.87. The van der Waals surface area contributed by atoms with Crippen LogP contribution in [-0.2, 0) is 17.6 Å². The maximum absolute atomic E-state index is 12.3. The van der Waals surface area contributed by atoms with Crippen molar-refractivity contribution < 1.29 is 19.8 Å². The summed E-state index contributed by atoms with van der Waals surface area (Å²) < 4.78 is 0. The molecular formula is C28H32N4O4. The number of aryl methyl sites for hydroxylation is 2. The van der Waals surface area contributed by atoms with E-state index in [2.05, 4.69) is 75.6 Å². The number of carbonyl (C=O) groups is 2. The number of aromatic nitrogens is 2. The molecule has 0 unspecified atom stereocenters. The van der Waals surface area contributed by atoms with Gasteiger partial charge in [0.2, 0.25) is 0 Å². The predicted octanol–water partition coefficient (Wildman–Crippen LogP) is 3.66. The van der Waals surface area contributed by atoms with Crippen LogP contribution in [0.25, 0.3) is 0 Å². The summed E-state index contributed by atoms with van der Waals surface area (Å²) in [7, 11) is 0. The fourth-order valence-electron chi connectivity index (χ4n) is 4.53. The zero-order chi connectivity index (χ0) is 25.7. The Morgan fingerprint density at radius 2 is 1.58 bits per heavy atom. The van der Waals surface area contributed by atoms with Gasteiger partial charge in [0.25, 0.3) is 5.91 Å². The minimum Gasteiger partial charge on any atom is -0.504 e. The van der Waals surface area contributed by atoms with Crippen LogP contribution in [0.2, 0.25) is 0 Å². The molecular weight excluding hydrogens is 456 g/mol. The first-order valence-electron chi connectivity index (χ1n) is 12.2. The van der Waals surface area contributed by atoms with Crippen molar-refractivity contribution in [3.63, 3.8) is 0 Å². The van der Waals surface area contributed by atoms with Gasteiger partial charge in [-0.15, -0.1) is 0 Å². The summed E-state index contributed by atoms with van der Waals surface area (Å²) in [5, 5.41) is 21.2. The van der Waals surface area contributed by atoms with Gasteiger partial charge in [-0.25, -0.2) is 9.97 Å². The number of carboxylic acid groups (broad SMARTS) is 1. The van der Waals surface area contributed by atoms with E-state index in [9.17, 15) is 14.7 Å². The van der Waals surface area contributed by atoms with Crippen molar-refractivity contribution in [1.29, 1.82) is 0 Å². The molecule has 1 fully saturated rings. The van der Waals surface area contributed by atoms with Crippen molar-refractivity contribution in [2.75, 3.05) is 24.5 Å². The number of rotatable bonds is 8. The minimum absolute atomic E-state index is 0.179. The lowest BCUT2D eigenvalue weighted by Gasteiger charge is -2.33. The molecule has 0 saturated carbocycles. The second-order valence-corrected chi connectivity index (χ2v) is 9.46. The molecule has 8 heteroatoms. The second kappa shape index (κ2) is 11.2. The minimum atomic E-state index is -1.17. The van der Waals surface area contributed by atoms with Crippen LogP contribution >= 0.6 is 0 Å². The van der Waals surface area contributed by atoms with Gasteiger partial charge in [-0.05, 0) is 62.3 Å². The Hall–Kier alpha value is -3.94. The summed E-state index contributed by atoms with van der Waals surface area (Å²) in [6.45, 7) is 5.01. The van der Waals surface area contributed by atoms with Crippen molar-refractivity contribution in [2.45, 2.75) is 39.5 Å². The van der Waals surface area contributed by atoms with Crippen LogP contribution in [0, 0.1) is 19.8 Å². The molecule has 36 heavy (non-hydrogen) atoms. The lowest BCUT2D eigenvalue weighted by molar-refractivity contribution is -0.135. The van der Waals surface area contributed by atoms with Gasteiger partial charge in [-0.3, -0.25) is 9.59 Å². The standard InChI is InChI=1S/C28H32N4O4/c1-18-3-5-20(6-4-18)15-21-7-9-23(10-8-21)32-13-11-22(12-14-32)16-24-30-19(2)27(35)26(31-24)28(36)29-17-25(33)34/h3-10,22,35H,11-17H2,1-2H3,(H,29,36)(H,33,34). The molecule has 1 aliphatic rings. The van der Waals surface area contributed by atoms with Crippen LogP contribution in [0.1, 0.15) is 51.5 Å². The SMILES string of the molecule is Cc1ccc(Cc2ccc(N3CCC(Cc4nc(C)c(O)c(C(=O)NCC(=O)O)n4)CC3)cc2)cc1. The average molecular weight is 489 g/mol. The highest BCUT2D eigenvalue weighted by Gasteiger charge is 2.23. The Kier molecular flexibility index (Phi) is 7.83. The number of nitrogens with one attached hydrogen (secondary N) is 1. The van der Waals surface area contributed by atoms with E-state index in [4.69, 9.17) is 5.11 Å². The van der Waals surface area contributed by atoms with Crippen molar-refractivity contribution in [3.05, 3.63) is 82.4 Å². The molecule has 4 rings (SSSR count). The molecule has 3 N–H and O–H groups in total. The highest BCUT2D eigenvalue weighted by molar-refractivity contribution is 5.96. The summed E-state index contributed by atoms with van der Waals surface area (Å²) in [6.07, 6.45) is 3.46. The third-order valence-electron chi connectivity index (χ3n) is 6.64. The molecule has 1 aliphatic heterocycles. The van der Waals surface area contributed by atoms with E-state index in [0.717, 1.165) is 32.4 Å². The fourth-order valence-corrected chi connectivity index (χ4v) is 4.53. The number of hydrogen-bond donors (Lipinski definition) is 3. The van der Waals surface area contributed by atoms with E-state index in [0.29, 0.717) is 23.9 Å². The zero-order valence-electron chi connectivity index (χ0n) is 20.7. The largest absolute Gasteiger partial charge is 0.504 e. The lowest BCUT2D eigenvalue weighted by Crippen LogP contribution is -2.34. The van der Waals surface area contributed by atoms with Gasteiger partial charge < -0.3 is 20.4 Å². The van der Waals surface area contributed by atoms with Gasteiger partial charge >= 0.3 is 5.97 Å². The van der Waals surface area contributed by atoms with Crippen molar-refractivity contribution in [2.24, 2.45) is 5.92 Å². The third kappa shape index (κ3) is 6.38. The Balaban J connectivity index is 1.33. The van der Waals surface area contributed by atoms with Crippen LogP contribution in [0.3, 0.4) is 0 Å². The van der Waals surface area contributed by atoms with Gasteiger partial charge in [0.1, 0.15) is 12.4 Å². The Labute approximate surface area is 211 Å². The summed E-state index contributed by atoms with van der Waals surface area (Å²) in [6, 6.07) is 17.4. The fraction of sp³-hybridized carbons (Fsp3) is 0.357. The highest BCUT2D eigenvalue weighted by Crippen LogP contribution is 2.27. The number of anilines is 1. The molecule has 0 spiro atoms. The molecule has 3 aromatic rings. The Morgan fingerprint density at radius 3 is 2.19 bits per heavy atom. The molecule has 188 valence electrons. The maximum Gasteiger partial charge on any atom is 0.322 e. The van der Waals surface area contributed by atoms with E-state index in [1.54, 1.807) is 6.92 Å². The predicted molar refractivity (Wildman–Crippen MR) is 137 cm³/mol. The van der Waals surface area contributed by atoms with E-state index in [1.165, 1.54) is 22.4 Å². The van der Waals surface area contributed by atoms with Gasteiger partial charge in [-0.1, -0.05) is 42.0 Å². The number of benzene rings is 2. The van der Waals surface area contributed by atoms with Crippen LogP contribution in [0.15, 0.2) is 48.5 Å². The smallest absolute Gasteiger partial charge is 0.322 e. The van der Waals surface area contributed by atoms with Crippen molar-refractivity contribution in [3.8, 4) is 5.75 Å². The third-order valence-corrected chi connectivity index (χ3v) is 6.64. The first-order chi connectivity index (χ1) is 17.3. The highest BCUT2D eigenvalue weighted by atomic mass is 16.4. The molecule has 1 saturated heterocycles. The monoisotopic (exact) mass is 488 g/mol. The van der Waals surface area contributed by atoms with Crippen LogP contribution < -0.4 is 10.2 Å². The summed E-state index contributed by atoms with van der Waals surface area (Å²) in [5.41, 5.74) is 5.22. The first-order valence-corrected chi connectivity index (χ1v) is 12.2. The molecule has 0 aliphatic carbocycles. The number of piperidine rings is 1. The number of nitrogens with zero attached hydrogens (tertiary/aromatic N) is 3. The van der Waals surface area contributed by atoms with Crippen molar-refractivity contribution >= 4 is 17.6 Å². The number of hydrogen-bond acceptors (Lipinski definition) is 6. The molecule has 0 atom stereocenters. The summed E-state index contributed by atoms with van der Waals surface area (Å²) in [5.74, 6) is -1.35. The van der Waals surface area contributed by atoms with E-state index in [1.807, 2.05) is 0 Å². The molecule has 1 amide bonds. The van der Waals surface area contributed by atoms with Gasteiger partial charge in [0.05, 0.1) is 5.69 Å². The number of carbonyl (C=O) groups excluding carboxylic acids is 1. The summed E-state index contributed by atoms with van der Waals surface area (Å²) >= 11 is 0.